The molecule has 4 rings (SSSR count). The summed E-state index contributed by atoms with van der Waals surface area (Å²) in [6.45, 7) is 5.92. The summed E-state index contributed by atoms with van der Waals surface area (Å²) in [4.78, 5) is 29.1. The average Bonchev–Trinajstić information content (AvgIpc) is 3.02. The highest BCUT2D eigenvalue weighted by molar-refractivity contribution is 6.09. The number of carbonyl (C=O) groups is 2. The van der Waals surface area contributed by atoms with Gasteiger partial charge in [-0.2, -0.15) is 0 Å². The van der Waals surface area contributed by atoms with Crippen LogP contribution in [0.5, 0.6) is 0 Å². The molecule has 45 heavy (non-hydrogen) atoms. The zero-order valence-electron chi connectivity index (χ0n) is 26.6. The number of likely N-dealkylation sites (tertiary alicyclic amines) is 1. The van der Waals surface area contributed by atoms with E-state index in [4.69, 9.17) is 10.8 Å². The zero-order valence-corrected chi connectivity index (χ0v) is 26.6. The molecule has 12 heteroatoms. The number of carboxylic acid groups (broad SMARTS) is 1. The third kappa shape index (κ3) is 8.82. The average molecular weight is 630 g/mol. The molecule has 3 aliphatic heterocycles. The van der Waals surface area contributed by atoms with Crippen LogP contribution in [-0.2, 0) is 16.0 Å². The summed E-state index contributed by atoms with van der Waals surface area (Å²) >= 11 is 0. The molecule has 0 bridgehead atoms. The van der Waals surface area contributed by atoms with Gasteiger partial charge in [0.1, 0.15) is 5.84 Å². The van der Waals surface area contributed by atoms with E-state index in [-0.39, 0.29) is 36.3 Å². The van der Waals surface area contributed by atoms with E-state index in [0.717, 1.165) is 75.0 Å². The van der Waals surface area contributed by atoms with Crippen molar-refractivity contribution in [2.75, 3.05) is 57.8 Å². The predicted molar refractivity (Wildman–Crippen MR) is 173 cm³/mol. The van der Waals surface area contributed by atoms with Gasteiger partial charge in [0.25, 0.3) is 6.43 Å². The number of fused-ring (bicyclic) bond motifs is 1. The molecule has 0 spiro atoms. The number of hydrogen-bond donors (Lipinski definition) is 5. The van der Waals surface area contributed by atoms with Crippen LogP contribution in [0.4, 0.5) is 14.5 Å². The number of nitrogens with zero attached hydrogens (tertiary/aromatic N) is 3. The number of anilines is 1. The summed E-state index contributed by atoms with van der Waals surface area (Å²) in [5, 5.41) is 24.9. The molecule has 0 radical (unpaired) electrons. The molecular weight excluding hydrogens is 580 g/mol. The van der Waals surface area contributed by atoms with Crippen LogP contribution in [0, 0.1) is 5.41 Å². The molecule has 1 aromatic rings. The van der Waals surface area contributed by atoms with Crippen molar-refractivity contribution >= 4 is 29.0 Å². The molecule has 1 aromatic carbocycles. The summed E-state index contributed by atoms with van der Waals surface area (Å²) in [5.41, 5.74) is 10.1. The number of rotatable bonds is 13. The van der Waals surface area contributed by atoms with Crippen molar-refractivity contribution in [1.29, 1.82) is 5.41 Å². The smallest absolute Gasteiger partial charge is 0.303 e. The van der Waals surface area contributed by atoms with E-state index in [9.17, 15) is 23.8 Å². The Morgan fingerprint density at radius 1 is 1.13 bits per heavy atom. The minimum Gasteiger partial charge on any atom is -0.481 e. The van der Waals surface area contributed by atoms with Gasteiger partial charge in [-0.3, -0.25) is 15.0 Å². The van der Waals surface area contributed by atoms with E-state index in [2.05, 4.69) is 15.5 Å². The third-order valence-electron chi connectivity index (χ3n) is 9.17. The Bertz CT molecular complexity index is 1290. The van der Waals surface area contributed by atoms with Crippen LogP contribution in [-0.4, -0.2) is 91.5 Å². The Kier molecular flexibility index (Phi) is 12.3. The van der Waals surface area contributed by atoms with Crippen LogP contribution >= 0.6 is 0 Å². The molecule has 10 nitrogen and oxygen atoms in total. The van der Waals surface area contributed by atoms with Gasteiger partial charge in [-0.15, -0.1) is 0 Å². The van der Waals surface area contributed by atoms with Gasteiger partial charge in [0.2, 0.25) is 5.91 Å². The highest BCUT2D eigenvalue weighted by atomic mass is 19.3. The number of carboxylic acids is 1. The van der Waals surface area contributed by atoms with Gasteiger partial charge in [-0.1, -0.05) is 6.42 Å². The van der Waals surface area contributed by atoms with Crippen molar-refractivity contribution in [1.82, 2.24) is 20.4 Å². The van der Waals surface area contributed by atoms with Crippen LogP contribution in [0.3, 0.4) is 0 Å². The summed E-state index contributed by atoms with van der Waals surface area (Å²) in [6, 6.07) is 3.58. The normalized spacial score (nSPS) is 18.3. The number of halogens is 2. The second-order valence-corrected chi connectivity index (χ2v) is 12.2. The van der Waals surface area contributed by atoms with Gasteiger partial charge >= 0.3 is 5.97 Å². The lowest BCUT2D eigenvalue weighted by molar-refractivity contribution is -0.137. The first-order valence-electron chi connectivity index (χ1n) is 16.2. The van der Waals surface area contributed by atoms with Crippen molar-refractivity contribution in [3.05, 3.63) is 46.3 Å². The van der Waals surface area contributed by atoms with Gasteiger partial charge in [0.15, 0.2) is 0 Å². The minimum absolute atomic E-state index is 0.0506. The number of nitrogens with one attached hydrogen (secondary N) is 3. The molecule has 0 aliphatic carbocycles. The quantitative estimate of drug-likeness (QED) is 0.125. The number of benzene rings is 1. The highest BCUT2D eigenvalue weighted by Gasteiger charge is 2.32. The largest absolute Gasteiger partial charge is 0.481 e. The number of aryl methyl sites for hydroxylation is 1. The Labute approximate surface area is 265 Å². The second-order valence-electron chi connectivity index (χ2n) is 12.2. The molecule has 3 heterocycles. The number of hydrogen-bond acceptors (Lipinski definition) is 7. The molecule has 0 saturated carbocycles. The molecule has 3 aliphatic rings. The molecule has 1 amide bonds. The molecule has 1 fully saturated rings. The number of aliphatic carboxylic acids is 1. The van der Waals surface area contributed by atoms with Crippen LogP contribution < -0.4 is 21.3 Å². The van der Waals surface area contributed by atoms with Gasteiger partial charge in [-0.25, -0.2) is 8.78 Å². The molecule has 0 atom stereocenters. The Morgan fingerprint density at radius 2 is 1.89 bits per heavy atom. The van der Waals surface area contributed by atoms with Gasteiger partial charge in [0, 0.05) is 94.3 Å². The van der Waals surface area contributed by atoms with Crippen LogP contribution in [0.15, 0.2) is 29.6 Å². The first-order valence-corrected chi connectivity index (χ1v) is 16.2. The zero-order chi connectivity index (χ0) is 32.5. The topological polar surface area (TPSA) is 138 Å². The molecule has 1 saturated heterocycles. The van der Waals surface area contributed by atoms with Gasteiger partial charge < -0.3 is 36.2 Å². The van der Waals surface area contributed by atoms with E-state index in [0.29, 0.717) is 49.3 Å². The summed E-state index contributed by atoms with van der Waals surface area (Å²) in [6.07, 6.45) is 5.79. The van der Waals surface area contributed by atoms with Crippen molar-refractivity contribution in [3.8, 4) is 0 Å². The fourth-order valence-corrected chi connectivity index (χ4v) is 6.67. The van der Waals surface area contributed by atoms with E-state index in [1.807, 2.05) is 11.0 Å². The minimum atomic E-state index is -2.70. The van der Waals surface area contributed by atoms with Crippen molar-refractivity contribution in [2.24, 2.45) is 5.73 Å². The first kappa shape index (κ1) is 34.4. The molecule has 6 N–H and O–H groups in total. The molecular formula is C33H49F2N7O3. The second kappa shape index (κ2) is 16.2. The van der Waals surface area contributed by atoms with Crippen molar-refractivity contribution < 1.29 is 23.5 Å². The third-order valence-corrected chi connectivity index (χ3v) is 9.17. The Morgan fingerprint density at radius 3 is 2.53 bits per heavy atom. The van der Waals surface area contributed by atoms with Crippen LogP contribution in [0.2, 0.25) is 0 Å². The highest BCUT2D eigenvalue weighted by Crippen LogP contribution is 2.38. The number of amidine groups is 1. The van der Waals surface area contributed by atoms with E-state index in [1.165, 1.54) is 13.0 Å². The van der Waals surface area contributed by atoms with Crippen molar-refractivity contribution in [2.45, 2.75) is 77.2 Å². The fourth-order valence-electron chi connectivity index (χ4n) is 6.67. The van der Waals surface area contributed by atoms with E-state index < -0.39 is 12.4 Å². The SMILES string of the molecule is CN/C=C(\CN)c1cc2c(cc1C(F)F)N(C(=N)C1=C(NC3CCN(CCCCCC(=O)O)CC3)CCN(C(C)=O)C1)CCC2. The standard InChI is InChI=1S/C33H49F2N7O3/c1-22(43)41-16-11-29(39-25-9-14-40(15-10-25)12-5-3-4-8-31(44)45)28(21-41)33(37)42-13-6-7-23-17-26(24(19-36)20-38-2)27(32(34)35)18-30(23)42/h17-18,20,25,32,37-39H,3-16,19,21,36H2,1-2H3,(H,44,45)/b24-20+,37-33?. The molecule has 0 aromatic heterocycles. The number of carbonyl (C=O) groups excluding carboxylic acids is 1. The number of unbranched alkanes of at least 4 members (excludes halogenated alkanes) is 2. The number of alkyl halides is 2. The maximum Gasteiger partial charge on any atom is 0.303 e. The number of amides is 1. The number of nitrogens with two attached hydrogens (primary N) is 1. The van der Waals surface area contributed by atoms with Gasteiger partial charge in [0.05, 0.1) is 6.54 Å². The maximum absolute atomic E-state index is 14.4. The summed E-state index contributed by atoms with van der Waals surface area (Å²) in [5.74, 6) is -0.542. The van der Waals surface area contributed by atoms with E-state index in [1.54, 1.807) is 18.1 Å². The number of piperidine rings is 1. The lowest BCUT2D eigenvalue weighted by Gasteiger charge is -2.39. The fraction of sp³-hybridized carbons (Fsp3) is 0.606. The van der Waals surface area contributed by atoms with Crippen molar-refractivity contribution in [3.63, 3.8) is 0 Å². The summed E-state index contributed by atoms with van der Waals surface area (Å²) < 4.78 is 28.8. The summed E-state index contributed by atoms with van der Waals surface area (Å²) in [7, 11) is 1.71. The Balaban J connectivity index is 1.53. The van der Waals surface area contributed by atoms with E-state index >= 15 is 0 Å². The predicted octanol–water partition coefficient (Wildman–Crippen LogP) is 4.08. The first-order chi connectivity index (χ1) is 21.6. The van der Waals surface area contributed by atoms with Crippen LogP contribution in [0.25, 0.3) is 5.57 Å². The monoisotopic (exact) mass is 629 g/mol. The lowest BCUT2D eigenvalue weighted by atomic mass is 9.91. The van der Waals surface area contributed by atoms with Crippen LogP contribution in [0.1, 0.15) is 81.4 Å². The van der Waals surface area contributed by atoms with Gasteiger partial charge in [-0.05, 0) is 73.9 Å². The lowest BCUT2D eigenvalue weighted by Crippen LogP contribution is -2.48. The molecule has 0 unspecified atom stereocenters. The maximum atomic E-state index is 14.4. The Hall–Kier alpha value is -3.51. The molecule has 248 valence electrons.